The largest absolute Gasteiger partial charge is 0.438 e. The van der Waals surface area contributed by atoms with Crippen molar-refractivity contribution in [3.05, 3.63) is 163 Å². The molecule has 0 aliphatic heterocycles. The normalized spacial score (nSPS) is 22.7. The van der Waals surface area contributed by atoms with Gasteiger partial charge in [0, 0.05) is 38.5 Å². The van der Waals surface area contributed by atoms with Gasteiger partial charge in [0.25, 0.3) is 0 Å². The van der Waals surface area contributed by atoms with Crippen molar-refractivity contribution in [2.24, 2.45) is 17.3 Å². The summed E-state index contributed by atoms with van der Waals surface area (Å²) in [6, 6.07) is 51.1. The van der Waals surface area contributed by atoms with Crippen LogP contribution in [-0.2, 0) is 0 Å². The highest BCUT2D eigenvalue weighted by Crippen LogP contribution is 2.82. The summed E-state index contributed by atoms with van der Waals surface area (Å²) in [5.41, 5.74) is 18.4. The van der Waals surface area contributed by atoms with E-state index in [1.165, 1.54) is 108 Å². The molecule has 4 aliphatic carbocycles. The summed E-state index contributed by atoms with van der Waals surface area (Å²) < 4.78 is 8.98. The first kappa shape index (κ1) is 31.2. The van der Waals surface area contributed by atoms with Gasteiger partial charge in [-0.3, -0.25) is 4.98 Å². The molecule has 3 saturated carbocycles. The molecule has 5 atom stereocenters. The Labute approximate surface area is 340 Å². The average molecular weight is 756 g/mol. The molecule has 4 nitrogen and oxygen atoms in total. The molecule has 4 aliphatic rings. The molecule has 2 bridgehead atoms. The molecule has 6 aromatic carbocycles. The highest BCUT2D eigenvalue weighted by atomic mass is 16.3. The van der Waals surface area contributed by atoms with Crippen LogP contribution < -0.4 is 0 Å². The molecule has 0 saturated heterocycles. The molecular formula is C55H37N3O. The third-order valence-corrected chi connectivity index (χ3v) is 15.7. The SMILES string of the molecule is c1ccc(-c2cc(-c3ccccc3)c(-c3cc4c5c6c(ncc5n5c7cnc8oc9ccccc9c8c7c(c3)c45)C3CC4CC5CC6CC543)c(-c3ccccc3)c2)cc1. The number of fused-ring (bicyclic) bond motifs is 15. The summed E-state index contributed by atoms with van der Waals surface area (Å²) >= 11 is 0. The predicted molar refractivity (Wildman–Crippen MR) is 239 cm³/mol. The first-order valence-corrected chi connectivity index (χ1v) is 21.4. The van der Waals surface area contributed by atoms with Crippen LogP contribution in [0.5, 0.6) is 0 Å². The maximum atomic E-state index is 6.48. The van der Waals surface area contributed by atoms with Crippen molar-refractivity contribution in [3.63, 3.8) is 0 Å². The molecule has 0 radical (unpaired) electrons. The molecule has 3 fully saturated rings. The van der Waals surface area contributed by atoms with Crippen molar-refractivity contribution in [2.45, 2.75) is 37.5 Å². The summed E-state index contributed by atoms with van der Waals surface area (Å²) in [7, 11) is 0. The summed E-state index contributed by atoms with van der Waals surface area (Å²) in [5.74, 6) is 2.97. The lowest BCUT2D eigenvalue weighted by Gasteiger charge is -2.67. The smallest absolute Gasteiger partial charge is 0.228 e. The second-order valence-electron chi connectivity index (χ2n) is 18.1. The Morgan fingerprint density at radius 2 is 1.17 bits per heavy atom. The topological polar surface area (TPSA) is 43.3 Å². The van der Waals surface area contributed by atoms with Gasteiger partial charge in [-0.25, -0.2) is 4.98 Å². The van der Waals surface area contributed by atoms with Crippen LogP contribution in [-0.4, -0.2) is 14.4 Å². The lowest BCUT2D eigenvalue weighted by molar-refractivity contribution is -0.147. The van der Waals surface area contributed by atoms with E-state index in [9.17, 15) is 0 Å². The van der Waals surface area contributed by atoms with Crippen molar-refractivity contribution in [3.8, 4) is 44.5 Å². The van der Waals surface area contributed by atoms with Crippen LogP contribution in [0.3, 0.4) is 0 Å². The fraction of sp³-hybridized carbons (Fsp3) is 0.164. The molecule has 5 aromatic heterocycles. The van der Waals surface area contributed by atoms with Crippen molar-refractivity contribution < 1.29 is 4.42 Å². The van der Waals surface area contributed by atoms with Gasteiger partial charge in [-0.05, 0) is 129 Å². The number of para-hydroxylation sites is 1. The lowest BCUT2D eigenvalue weighted by atomic mass is 9.37. The molecule has 15 rings (SSSR count). The standard InChI is InChI=1S/C55H37N3O/c1-4-12-30(13-5-1)33-21-39(31-14-6-2-7-15-31)47(40(22-33)32-16-8-3-9-17-32)34-23-41-49-44(28-56-52-43-26-37-25-36-20-35(48(49)52)27-55(36,37)43)58-45-29-57-54-51(50(45)42(24-34)53(41)58)38-18-10-11-19-46(38)59-54/h1-19,21-24,28-29,35-37,43H,20,25-27H2. The number of benzene rings is 6. The fourth-order valence-corrected chi connectivity index (χ4v) is 13.4. The number of furan rings is 1. The number of hydrogen-bond donors (Lipinski definition) is 0. The van der Waals surface area contributed by atoms with E-state index in [1.54, 1.807) is 5.56 Å². The Kier molecular flexibility index (Phi) is 5.73. The van der Waals surface area contributed by atoms with Crippen LogP contribution in [0, 0.1) is 17.3 Å². The molecule has 4 heteroatoms. The third kappa shape index (κ3) is 3.78. The van der Waals surface area contributed by atoms with Gasteiger partial charge < -0.3 is 8.82 Å². The van der Waals surface area contributed by atoms with Crippen LogP contribution >= 0.6 is 0 Å². The Balaban J connectivity index is 1.13. The minimum atomic E-state index is 0.532. The molecule has 11 aromatic rings. The Bertz CT molecular complexity index is 3520. The molecule has 1 spiro atoms. The van der Waals surface area contributed by atoms with Crippen LogP contribution in [0.2, 0.25) is 0 Å². The maximum absolute atomic E-state index is 6.48. The van der Waals surface area contributed by atoms with Gasteiger partial charge in [0.05, 0.1) is 34.3 Å². The van der Waals surface area contributed by atoms with E-state index in [4.69, 9.17) is 14.4 Å². The van der Waals surface area contributed by atoms with Crippen molar-refractivity contribution in [1.29, 1.82) is 0 Å². The fourth-order valence-electron chi connectivity index (χ4n) is 13.4. The zero-order valence-corrected chi connectivity index (χ0v) is 32.3. The molecule has 59 heavy (non-hydrogen) atoms. The monoisotopic (exact) mass is 755 g/mol. The minimum Gasteiger partial charge on any atom is -0.438 e. The number of hydrogen-bond acceptors (Lipinski definition) is 3. The molecular weight excluding hydrogens is 719 g/mol. The highest BCUT2D eigenvalue weighted by molar-refractivity contribution is 6.32. The van der Waals surface area contributed by atoms with Crippen LogP contribution in [0.4, 0.5) is 0 Å². The average Bonchev–Trinajstić information content (AvgIpc) is 4.04. The van der Waals surface area contributed by atoms with E-state index in [2.05, 4.69) is 156 Å². The van der Waals surface area contributed by atoms with Gasteiger partial charge in [0.1, 0.15) is 5.58 Å². The predicted octanol–water partition coefficient (Wildman–Crippen LogP) is 14.2. The van der Waals surface area contributed by atoms with Gasteiger partial charge >= 0.3 is 0 Å². The van der Waals surface area contributed by atoms with E-state index in [0.29, 0.717) is 23.0 Å². The van der Waals surface area contributed by atoms with Crippen LogP contribution in [0.15, 0.2) is 156 Å². The van der Waals surface area contributed by atoms with Gasteiger partial charge in [0.2, 0.25) is 5.71 Å². The molecule has 0 amide bonds. The van der Waals surface area contributed by atoms with Crippen molar-refractivity contribution in [1.82, 2.24) is 14.4 Å². The van der Waals surface area contributed by atoms with E-state index >= 15 is 0 Å². The summed E-state index contributed by atoms with van der Waals surface area (Å²) in [6.07, 6.45) is 9.69. The Hall–Kier alpha value is -6.78. The number of pyridine rings is 2. The van der Waals surface area contributed by atoms with E-state index in [1.807, 2.05) is 0 Å². The highest BCUT2D eigenvalue weighted by Gasteiger charge is 2.72. The minimum absolute atomic E-state index is 0.532. The molecule has 5 heterocycles. The van der Waals surface area contributed by atoms with Gasteiger partial charge in [-0.1, -0.05) is 109 Å². The first-order valence-electron chi connectivity index (χ1n) is 21.4. The Morgan fingerprint density at radius 3 is 1.90 bits per heavy atom. The second-order valence-corrected chi connectivity index (χ2v) is 18.1. The lowest BCUT2D eigenvalue weighted by Crippen LogP contribution is -2.59. The zero-order chi connectivity index (χ0) is 38.1. The molecule has 0 N–H and O–H groups in total. The number of nitrogens with zero attached hydrogens (tertiary/aromatic N) is 3. The van der Waals surface area contributed by atoms with Crippen LogP contribution in [0.25, 0.3) is 105 Å². The van der Waals surface area contributed by atoms with Gasteiger partial charge in [-0.15, -0.1) is 0 Å². The summed E-state index contributed by atoms with van der Waals surface area (Å²) in [6.45, 7) is 0. The molecule has 278 valence electrons. The van der Waals surface area contributed by atoms with Gasteiger partial charge in [0.15, 0.2) is 0 Å². The van der Waals surface area contributed by atoms with Crippen molar-refractivity contribution in [2.75, 3.05) is 0 Å². The van der Waals surface area contributed by atoms with E-state index in [-0.39, 0.29) is 0 Å². The summed E-state index contributed by atoms with van der Waals surface area (Å²) in [4.78, 5) is 10.5. The van der Waals surface area contributed by atoms with E-state index in [0.717, 1.165) is 33.7 Å². The second kappa shape index (κ2) is 10.8. The van der Waals surface area contributed by atoms with Crippen LogP contribution in [0.1, 0.15) is 48.8 Å². The number of rotatable bonds is 4. The Morgan fingerprint density at radius 1 is 0.542 bits per heavy atom. The third-order valence-electron chi connectivity index (χ3n) is 15.7. The maximum Gasteiger partial charge on any atom is 0.228 e. The van der Waals surface area contributed by atoms with E-state index < -0.39 is 0 Å². The van der Waals surface area contributed by atoms with Gasteiger partial charge in [-0.2, -0.15) is 0 Å². The first-order chi connectivity index (χ1) is 29.2. The zero-order valence-electron chi connectivity index (χ0n) is 32.3. The van der Waals surface area contributed by atoms with Crippen molar-refractivity contribution >= 4 is 60.2 Å². The molecule has 5 unspecified atom stereocenters. The quantitative estimate of drug-likeness (QED) is 0.180. The summed E-state index contributed by atoms with van der Waals surface area (Å²) in [5, 5.41) is 7.38. The number of aromatic nitrogens is 3.